The molecule has 0 heterocycles. The van der Waals surface area contributed by atoms with Crippen LogP contribution in [-0.2, 0) is 32.6 Å². The molecule has 0 nitrogen and oxygen atoms in total. The van der Waals surface area contributed by atoms with Gasteiger partial charge in [-0.05, 0) is 24.1 Å². The van der Waals surface area contributed by atoms with Gasteiger partial charge in [-0.2, -0.15) is 6.07 Å². The average Bonchev–Trinajstić information content (AvgIpc) is 2.56. The first kappa shape index (κ1) is 17.8. The van der Waals surface area contributed by atoms with E-state index in [1.807, 2.05) is 0 Å². The molecule has 0 spiro atoms. The monoisotopic (exact) mass is 361 g/mol. The maximum Gasteiger partial charge on any atom is 3.00 e. The van der Waals surface area contributed by atoms with Gasteiger partial charge < -0.3 is 24.8 Å². The van der Waals surface area contributed by atoms with Crippen LogP contribution in [0.2, 0.25) is 0 Å². The molecule has 0 unspecified atom stereocenters. The first-order valence-electron chi connectivity index (χ1n) is 4.73. The van der Waals surface area contributed by atoms with Crippen molar-refractivity contribution in [3.05, 3.63) is 59.2 Å². The van der Waals surface area contributed by atoms with Gasteiger partial charge in [0.15, 0.2) is 0 Å². The SMILES string of the molecule is Fc1c[c-]c2c(c1)-c1cc(F)ccc1C2.[Cl-].[Cl-].[Zr+3]. The molecule has 2 aromatic carbocycles. The van der Waals surface area contributed by atoms with E-state index in [-0.39, 0.29) is 62.7 Å². The Hall–Kier alpha value is -0.237. The van der Waals surface area contributed by atoms with Crippen LogP contribution in [0.4, 0.5) is 8.78 Å². The van der Waals surface area contributed by atoms with E-state index in [0.717, 1.165) is 22.3 Å². The van der Waals surface area contributed by atoms with Crippen molar-refractivity contribution in [2.45, 2.75) is 6.42 Å². The Bertz CT molecular complexity index is 509. The second-order valence-corrected chi connectivity index (χ2v) is 3.69. The largest absolute Gasteiger partial charge is 3.00 e. The Morgan fingerprint density at radius 2 is 1.61 bits per heavy atom. The molecule has 0 aromatic heterocycles. The second kappa shape index (κ2) is 6.79. The molecule has 0 aliphatic heterocycles. The fraction of sp³-hybridized carbons (Fsp3) is 0.0769. The molecular weight excluding hydrogens is 356 g/mol. The maximum absolute atomic E-state index is 13.1. The normalized spacial score (nSPS) is 10.3. The van der Waals surface area contributed by atoms with Crippen molar-refractivity contribution >= 4 is 0 Å². The summed E-state index contributed by atoms with van der Waals surface area (Å²) in [6.45, 7) is 0. The van der Waals surface area contributed by atoms with Crippen molar-refractivity contribution in [1.29, 1.82) is 0 Å². The molecule has 0 bridgehead atoms. The Labute approximate surface area is 136 Å². The zero-order chi connectivity index (χ0) is 10.4. The molecule has 3 rings (SSSR count). The van der Waals surface area contributed by atoms with Gasteiger partial charge in [0, 0.05) is 5.82 Å². The molecule has 0 N–H and O–H groups in total. The van der Waals surface area contributed by atoms with Crippen LogP contribution in [-0.4, -0.2) is 0 Å². The van der Waals surface area contributed by atoms with E-state index in [2.05, 4.69) is 6.07 Å². The summed E-state index contributed by atoms with van der Waals surface area (Å²) >= 11 is 0. The minimum Gasteiger partial charge on any atom is -1.00 e. The summed E-state index contributed by atoms with van der Waals surface area (Å²) in [6.07, 6.45) is 0.714. The number of hydrogen-bond donors (Lipinski definition) is 0. The zero-order valence-electron chi connectivity index (χ0n) is 9.11. The topological polar surface area (TPSA) is 0 Å². The van der Waals surface area contributed by atoms with Gasteiger partial charge in [0.25, 0.3) is 0 Å². The minimum atomic E-state index is -0.328. The van der Waals surface area contributed by atoms with Crippen LogP contribution in [0.1, 0.15) is 11.1 Å². The van der Waals surface area contributed by atoms with Gasteiger partial charge >= 0.3 is 26.2 Å². The van der Waals surface area contributed by atoms with Crippen LogP contribution >= 0.6 is 0 Å². The number of rotatable bonds is 0. The first-order valence-corrected chi connectivity index (χ1v) is 4.73. The Morgan fingerprint density at radius 3 is 2.33 bits per heavy atom. The Balaban J connectivity index is 0.000000963. The van der Waals surface area contributed by atoms with Gasteiger partial charge in [-0.3, -0.25) is 4.39 Å². The van der Waals surface area contributed by atoms with E-state index >= 15 is 0 Å². The molecule has 0 saturated heterocycles. The number of hydrogen-bond acceptors (Lipinski definition) is 0. The van der Waals surface area contributed by atoms with E-state index in [1.165, 1.54) is 24.3 Å². The molecule has 0 amide bonds. The summed E-state index contributed by atoms with van der Waals surface area (Å²) in [5.74, 6) is -0.614. The molecular formula is C13H7Cl2F2Zr. The summed E-state index contributed by atoms with van der Waals surface area (Å²) in [7, 11) is 0. The van der Waals surface area contributed by atoms with Gasteiger partial charge in [0.2, 0.25) is 0 Å². The quantitative estimate of drug-likeness (QED) is 0.383. The van der Waals surface area contributed by atoms with Gasteiger partial charge in [0.05, 0.1) is 0 Å². The summed E-state index contributed by atoms with van der Waals surface area (Å²) in [6, 6.07) is 10.3. The van der Waals surface area contributed by atoms with Gasteiger partial charge in [-0.25, -0.2) is 4.39 Å². The van der Waals surface area contributed by atoms with Crippen LogP contribution in [0, 0.1) is 17.7 Å². The van der Waals surface area contributed by atoms with E-state index in [0.29, 0.717) is 6.42 Å². The van der Waals surface area contributed by atoms with Crippen LogP contribution < -0.4 is 24.8 Å². The minimum absolute atomic E-state index is 0. The van der Waals surface area contributed by atoms with Crippen LogP contribution in [0.3, 0.4) is 0 Å². The number of benzene rings is 2. The fourth-order valence-electron chi connectivity index (χ4n) is 2.03. The molecule has 0 atom stereocenters. The van der Waals surface area contributed by atoms with E-state index in [9.17, 15) is 8.78 Å². The average molecular weight is 363 g/mol. The molecule has 2 aromatic rings. The van der Waals surface area contributed by atoms with Crippen molar-refractivity contribution in [3.63, 3.8) is 0 Å². The van der Waals surface area contributed by atoms with E-state index in [1.54, 1.807) is 6.07 Å². The summed E-state index contributed by atoms with van der Waals surface area (Å²) in [5.41, 5.74) is 3.54. The van der Waals surface area contributed by atoms with Crippen LogP contribution in [0.15, 0.2) is 30.3 Å². The Morgan fingerprint density at radius 1 is 0.944 bits per heavy atom. The van der Waals surface area contributed by atoms with E-state index < -0.39 is 0 Å². The molecule has 1 radical (unpaired) electrons. The first-order chi connectivity index (χ1) is 7.24. The summed E-state index contributed by atoms with van der Waals surface area (Å²) in [5, 5.41) is 0. The van der Waals surface area contributed by atoms with Gasteiger partial charge in [-0.1, -0.05) is 11.6 Å². The molecule has 5 heteroatoms. The van der Waals surface area contributed by atoms with Crippen LogP contribution in [0.5, 0.6) is 0 Å². The molecule has 1 aliphatic rings. The maximum atomic E-state index is 13.1. The summed E-state index contributed by atoms with van der Waals surface area (Å²) in [4.78, 5) is 0. The van der Waals surface area contributed by atoms with Crippen LogP contribution in [0.25, 0.3) is 11.1 Å². The molecule has 0 saturated carbocycles. The van der Waals surface area contributed by atoms with Crippen molar-refractivity contribution in [2.75, 3.05) is 0 Å². The van der Waals surface area contributed by atoms with Crippen molar-refractivity contribution in [1.82, 2.24) is 0 Å². The standard InChI is InChI=1S/C13H7F2.2ClH.Zr/c14-10-3-1-8-5-9-2-4-11(15)7-13(9)12(8)6-10;;;/h1,3-4,6-7H,5H2;2*1H;/q-1;;;+3/p-2. The second-order valence-electron chi connectivity index (χ2n) is 3.69. The molecule has 1 aliphatic carbocycles. The molecule has 0 fully saturated rings. The van der Waals surface area contributed by atoms with Crippen molar-refractivity contribution in [3.8, 4) is 11.1 Å². The van der Waals surface area contributed by atoms with Crippen molar-refractivity contribution < 1.29 is 59.8 Å². The number of halogens is 4. The number of fused-ring (bicyclic) bond motifs is 3. The molecule has 91 valence electrons. The predicted octanol–water partition coefficient (Wildman–Crippen LogP) is -2.66. The third-order valence-corrected chi connectivity index (χ3v) is 2.72. The predicted molar refractivity (Wildman–Crippen MR) is 53.4 cm³/mol. The van der Waals surface area contributed by atoms with Crippen molar-refractivity contribution in [2.24, 2.45) is 0 Å². The third-order valence-electron chi connectivity index (χ3n) is 2.72. The fourth-order valence-corrected chi connectivity index (χ4v) is 2.03. The zero-order valence-corrected chi connectivity index (χ0v) is 13.1. The smallest absolute Gasteiger partial charge is 1.00 e. The third kappa shape index (κ3) is 3.01. The molecule has 18 heavy (non-hydrogen) atoms. The van der Waals surface area contributed by atoms with Gasteiger partial charge in [-0.15, -0.1) is 23.3 Å². The van der Waals surface area contributed by atoms with Gasteiger partial charge in [0.1, 0.15) is 5.82 Å². The Kier molecular flexibility index (Phi) is 6.70. The summed E-state index contributed by atoms with van der Waals surface area (Å²) < 4.78 is 26.1. The van der Waals surface area contributed by atoms with E-state index in [4.69, 9.17) is 0 Å².